The molecule has 0 atom stereocenters. The molecule has 0 aromatic heterocycles. The van der Waals surface area contributed by atoms with Gasteiger partial charge >= 0.3 is 0 Å². The van der Waals surface area contributed by atoms with E-state index in [1.165, 1.54) is 5.69 Å². The minimum Gasteiger partial charge on any atom is -0.369 e. The van der Waals surface area contributed by atoms with Gasteiger partial charge in [0.2, 0.25) is 5.91 Å². The molecule has 0 unspecified atom stereocenters. The number of rotatable bonds is 4. The lowest BCUT2D eigenvalue weighted by Gasteiger charge is -2.25. The minimum atomic E-state index is 0.108. The Bertz CT molecular complexity index is 571. The summed E-state index contributed by atoms with van der Waals surface area (Å²) in [7, 11) is 3.98. The lowest BCUT2D eigenvalue weighted by atomic mass is 10.1. The third-order valence-corrected chi connectivity index (χ3v) is 4.53. The average molecular weight is 336 g/mol. The number of halogens is 1. The van der Waals surface area contributed by atoms with Crippen molar-refractivity contribution in [3.8, 4) is 0 Å². The molecule has 1 saturated heterocycles. The first-order valence-corrected chi connectivity index (χ1v) is 8.47. The SMILES string of the molecule is Cc1c(Cl)cccc1N1CCCN(C(=O)/C=C/CN(C)C)CC1. The Hall–Kier alpha value is -1.52. The summed E-state index contributed by atoms with van der Waals surface area (Å²) in [5, 5.41) is 0.797. The zero-order valence-electron chi connectivity index (χ0n) is 14.3. The number of carbonyl (C=O) groups is 1. The van der Waals surface area contributed by atoms with E-state index >= 15 is 0 Å². The van der Waals surface area contributed by atoms with Gasteiger partial charge in [-0.05, 0) is 45.1 Å². The summed E-state index contributed by atoms with van der Waals surface area (Å²) in [6, 6.07) is 6.02. The zero-order chi connectivity index (χ0) is 16.8. The minimum absolute atomic E-state index is 0.108. The predicted octanol–water partition coefficient (Wildman–Crippen LogP) is 2.80. The van der Waals surface area contributed by atoms with Crippen molar-refractivity contribution in [1.29, 1.82) is 0 Å². The first-order chi connectivity index (χ1) is 11.0. The van der Waals surface area contributed by atoms with E-state index in [1.807, 2.05) is 42.1 Å². The molecule has 1 aliphatic heterocycles. The van der Waals surface area contributed by atoms with Crippen LogP contribution in [-0.2, 0) is 4.79 Å². The molecule has 2 rings (SSSR count). The van der Waals surface area contributed by atoms with Crippen LogP contribution in [0, 0.1) is 6.92 Å². The van der Waals surface area contributed by atoms with Crippen LogP contribution in [0.3, 0.4) is 0 Å². The van der Waals surface area contributed by atoms with Gasteiger partial charge in [-0.1, -0.05) is 23.7 Å². The van der Waals surface area contributed by atoms with Crippen molar-refractivity contribution in [1.82, 2.24) is 9.80 Å². The van der Waals surface area contributed by atoms with Crippen LogP contribution in [0.15, 0.2) is 30.4 Å². The first kappa shape index (κ1) is 17.8. The Morgan fingerprint density at radius 2 is 2.04 bits per heavy atom. The summed E-state index contributed by atoms with van der Waals surface area (Å²) >= 11 is 6.23. The topological polar surface area (TPSA) is 26.8 Å². The maximum atomic E-state index is 12.3. The molecule has 1 heterocycles. The quantitative estimate of drug-likeness (QED) is 0.792. The van der Waals surface area contributed by atoms with Crippen molar-refractivity contribution in [3.05, 3.63) is 40.9 Å². The van der Waals surface area contributed by atoms with E-state index in [-0.39, 0.29) is 5.91 Å². The molecule has 1 aliphatic rings. The van der Waals surface area contributed by atoms with Crippen LogP contribution in [-0.4, -0.2) is 62.5 Å². The fraction of sp³-hybridized carbons (Fsp3) is 0.500. The molecule has 5 heteroatoms. The van der Waals surface area contributed by atoms with Gasteiger partial charge in [0.25, 0.3) is 0 Å². The molecule has 0 saturated carbocycles. The number of anilines is 1. The van der Waals surface area contributed by atoms with Crippen LogP contribution in [0.5, 0.6) is 0 Å². The largest absolute Gasteiger partial charge is 0.369 e. The van der Waals surface area contributed by atoms with E-state index in [9.17, 15) is 4.79 Å². The Labute approximate surface area is 144 Å². The molecular formula is C18H26ClN3O. The average Bonchev–Trinajstić information content (AvgIpc) is 2.75. The van der Waals surface area contributed by atoms with Crippen molar-refractivity contribution in [2.75, 3.05) is 51.7 Å². The summed E-state index contributed by atoms with van der Waals surface area (Å²) < 4.78 is 0. The number of amides is 1. The highest BCUT2D eigenvalue weighted by Gasteiger charge is 2.19. The second kappa shape index (κ2) is 8.37. The van der Waals surface area contributed by atoms with Crippen LogP contribution in [0.25, 0.3) is 0 Å². The van der Waals surface area contributed by atoms with Crippen molar-refractivity contribution in [2.24, 2.45) is 0 Å². The second-order valence-electron chi connectivity index (χ2n) is 6.21. The third-order valence-electron chi connectivity index (χ3n) is 4.12. The fourth-order valence-electron chi connectivity index (χ4n) is 2.79. The van der Waals surface area contributed by atoms with Gasteiger partial charge in [0.15, 0.2) is 0 Å². The van der Waals surface area contributed by atoms with E-state index < -0.39 is 0 Å². The van der Waals surface area contributed by atoms with Gasteiger partial charge < -0.3 is 14.7 Å². The maximum Gasteiger partial charge on any atom is 0.246 e. The van der Waals surface area contributed by atoms with Gasteiger partial charge in [-0.25, -0.2) is 0 Å². The van der Waals surface area contributed by atoms with Crippen LogP contribution >= 0.6 is 11.6 Å². The van der Waals surface area contributed by atoms with Crippen LogP contribution in [0.4, 0.5) is 5.69 Å². The van der Waals surface area contributed by atoms with Crippen molar-refractivity contribution >= 4 is 23.2 Å². The Morgan fingerprint density at radius 3 is 2.78 bits per heavy atom. The summed E-state index contributed by atoms with van der Waals surface area (Å²) in [6.45, 7) is 6.18. The maximum absolute atomic E-state index is 12.3. The number of hydrogen-bond acceptors (Lipinski definition) is 3. The fourth-order valence-corrected chi connectivity index (χ4v) is 2.96. The highest BCUT2D eigenvalue weighted by molar-refractivity contribution is 6.31. The lowest BCUT2D eigenvalue weighted by Crippen LogP contribution is -2.34. The number of likely N-dealkylation sites (N-methyl/N-ethyl adjacent to an activating group) is 1. The predicted molar refractivity (Wildman–Crippen MR) is 97.3 cm³/mol. The first-order valence-electron chi connectivity index (χ1n) is 8.09. The molecule has 1 fully saturated rings. The number of benzene rings is 1. The summed E-state index contributed by atoms with van der Waals surface area (Å²) in [4.78, 5) is 18.6. The Morgan fingerprint density at radius 1 is 1.26 bits per heavy atom. The van der Waals surface area contributed by atoms with Gasteiger partial charge in [-0.2, -0.15) is 0 Å². The van der Waals surface area contributed by atoms with Crippen LogP contribution in [0.1, 0.15) is 12.0 Å². The van der Waals surface area contributed by atoms with Gasteiger partial charge in [0.05, 0.1) is 0 Å². The van der Waals surface area contributed by atoms with E-state index in [0.717, 1.165) is 49.7 Å². The highest BCUT2D eigenvalue weighted by atomic mass is 35.5. The number of carbonyl (C=O) groups excluding carboxylic acids is 1. The molecule has 1 aromatic carbocycles. The van der Waals surface area contributed by atoms with E-state index in [4.69, 9.17) is 11.6 Å². The van der Waals surface area contributed by atoms with Crippen molar-refractivity contribution < 1.29 is 4.79 Å². The number of nitrogens with zero attached hydrogens (tertiary/aromatic N) is 3. The zero-order valence-corrected chi connectivity index (χ0v) is 15.0. The standard InChI is InChI=1S/C18H26ClN3O/c1-15-16(19)7-4-8-17(15)21-11-6-12-22(14-13-21)18(23)9-5-10-20(2)3/h4-5,7-9H,6,10-14H2,1-3H3/b9-5+. The van der Waals surface area contributed by atoms with E-state index in [0.29, 0.717) is 0 Å². The third kappa shape index (κ3) is 4.98. The molecule has 4 nitrogen and oxygen atoms in total. The Balaban J connectivity index is 1.98. The summed E-state index contributed by atoms with van der Waals surface area (Å²) in [5.41, 5.74) is 2.29. The normalized spacial score (nSPS) is 16.2. The molecule has 0 radical (unpaired) electrons. The number of hydrogen-bond donors (Lipinski definition) is 0. The Kier molecular flexibility index (Phi) is 6.48. The molecule has 126 valence electrons. The molecule has 23 heavy (non-hydrogen) atoms. The van der Waals surface area contributed by atoms with Gasteiger partial charge in [-0.15, -0.1) is 0 Å². The molecule has 0 bridgehead atoms. The van der Waals surface area contributed by atoms with Crippen LogP contribution < -0.4 is 4.90 Å². The van der Waals surface area contributed by atoms with Crippen LogP contribution in [0.2, 0.25) is 5.02 Å². The molecule has 1 amide bonds. The van der Waals surface area contributed by atoms with E-state index in [1.54, 1.807) is 6.08 Å². The summed E-state index contributed by atoms with van der Waals surface area (Å²) in [6.07, 6.45) is 4.59. The molecule has 0 spiro atoms. The monoisotopic (exact) mass is 335 g/mol. The lowest BCUT2D eigenvalue weighted by molar-refractivity contribution is -0.125. The second-order valence-corrected chi connectivity index (χ2v) is 6.62. The smallest absolute Gasteiger partial charge is 0.246 e. The van der Waals surface area contributed by atoms with Crippen molar-refractivity contribution in [2.45, 2.75) is 13.3 Å². The molecule has 0 N–H and O–H groups in total. The highest BCUT2D eigenvalue weighted by Crippen LogP contribution is 2.27. The summed E-state index contributed by atoms with van der Waals surface area (Å²) in [5.74, 6) is 0.108. The molecular weight excluding hydrogens is 310 g/mol. The van der Waals surface area contributed by atoms with E-state index in [2.05, 4.69) is 17.9 Å². The molecule has 1 aromatic rings. The van der Waals surface area contributed by atoms with Gasteiger partial charge in [-0.3, -0.25) is 4.79 Å². The molecule has 0 aliphatic carbocycles. The van der Waals surface area contributed by atoms with Gasteiger partial charge in [0.1, 0.15) is 0 Å². The van der Waals surface area contributed by atoms with Crippen molar-refractivity contribution in [3.63, 3.8) is 0 Å². The van der Waals surface area contributed by atoms with Gasteiger partial charge in [0, 0.05) is 49.5 Å².